The number of rotatable bonds is 5. The van der Waals surface area contributed by atoms with Crippen LogP contribution in [0, 0.1) is 5.82 Å². The Hall–Kier alpha value is -3.92. The van der Waals surface area contributed by atoms with E-state index < -0.39 is 29.1 Å². The Bertz CT molecular complexity index is 1480. The fraction of sp³-hybridized carbons (Fsp3) is 0.231. The van der Waals surface area contributed by atoms with Crippen LogP contribution in [0.2, 0.25) is 0 Å². The molecule has 186 valence electrons. The van der Waals surface area contributed by atoms with E-state index in [1.165, 1.54) is 34.9 Å². The molecule has 1 aliphatic rings. The second-order valence-corrected chi connectivity index (χ2v) is 8.61. The Kier molecular flexibility index (Phi) is 6.13. The number of fused-ring (bicyclic) bond motifs is 1. The SMILES string of the molecule is O=C(c1cccc(F)c1)c1ccc2c(c1)oc(=O)n2CN1CCN(c2cccc(C(F)(F)F)c2)CC1. The van der Waals surface area contributed by atoms with Crippen molar-refractivity contribution in [3.8, 4) is 0 Å². The highest BCUT2D eigenvalue weighted by molar-refractivity contribution is 6.10. The zero-order valence-electron chi connectivity index (χ0n) is 19.0. The summed E-state index contributed by atoms with van der Waals surface area (Å²) in [7, 11) is 0. The zero-order chi connectivity index (χ0) is 25.4. The number of carbonyl (C=O) groups excluding carboxylic acids is 1. The molecular weight excluding hydrogens is 478 g/mol. The predicted octanol–water partition coefficient (Wildman–Crippen LogP) is 4.76. The maximum atomic E-state index is 13.5. The molecule has 0 spiro atoms. The Balaban J connectivity index is 1.29. The number of ketones is 1. The van der Waals surface area contributed by atoms with Gasteiger partial charge in [0.25, 0.3) is 0 Å². The molecule has 1 fully saturated rings. The van der Waals surface area contributed by atoms with Crippen LogP contribution in [0.15, 0.2) is 75.9 Å². The molecule has 0 N–H and O–H groups in total. The first-order valence-electron chi connectivity index (χ1n) is 11.3. The summed E-state index contributed by atoms with van der Waals surface area (Å²) in [5, 5.41) is 0. The summed E-state index contributed by atoms with van der Waals surface area (Å²) in [5.74, 6) is -1.49. The summed E-state index contributed by atoms with van der Waals surface area (Å²) in [4.78, 5) is 29.1. The van der Waals surface area contributed by atoms with Gasteiger partial charge in [0.05, 0.1) is 17.7 Å². The largest absolute Gasteiger partial charge is 0.421 e. The van der Waals surface area contributed by atoms with Crippen LogP contribution in [0.1, 0.15) is 21.5 Å². The molecule has 1 saturated heterocycles. The van der Waals surface area contributed by atoms with Crippen molar-refractivity contribution in [2.45, 2.75) is 12.8 Å². The molecule has 0 saturated carbocycles. The highest BCUT2D eigenvalue weighted by Crippen LogP contribution is 2.32. The van der Waals surface area contributed by atoms with E-state index in [4.69, 9.17) is 4.42 Å². The topological polar surface area (TPSA) is 58.7 Å². The van der Waals surface area contributed by atoms with E-state index in [0.717, 1.165) is 18.2 Å². The van der Waals surface area contributed by atoms with Crippen molar-refractivity contribution in [1.82, 2.24) is 9.47 Å². The van der Waals surface area contributed by atoms with Crippen molar-refractivity contribution in [3.63, 3.8) is 0 Å². The molecule has 0 amide bonds. The molecule has 0 bridgehead atoms. The van der Waals surface area contributed by atoms with Crippen LogP contribution >= 0.6 is 0 Å². The first-order chi connectivity index (χ1) is 17.2. The van der Waals surface area contributed by atoms with Gasteiger partial charge < -0.3 is 9.32 Å². The van der Waals surface area contributed by atoms with Gasteiger partial charge in [-0.05, 0) is 48.5 Å². The lowest BCUT2D eigenvalue weighted by Crippen LogP contribution is -2.47. The van der Waals surface area contributed by atoms with Gasteiger partial charge in [-0.15, -0.1) is 0 Å². The summed E-state index contributed by atoms with van der Waals surface area (Å²) >= 11 is 0. The number of alkyl halides is 3. The monoisotopic (exact) mass is 499 g/mol. The van der Waals surface area contributed by atoms with Crippen molar-refractivity contribution in [3.05, 3.63) is 99.8 Å². The molecule has 10 heteroatoms. The maximum absolute atomic E-state index is 13.5. The quantitative estimate of drug-likeness (QED) is 0.293. The van der Waals surface area contributed by atoms with Crippen LogP contribution in [0.5, 0.6) is 0 Å². The van der Waals surface area contributed by atoms with E-state index in [1.54, 1.807) is 18.2 Å². The van der Waals surface area contributed by atoms with Crippen LogP contribution in [0.4, 0.5) is 23.2 Å². The van der Waals surface area contributed by atoms with Gasteiger partial charge in [0.2, 0.25) is 0 Å². The molecule has 1 aliphatic heterocycles. The van der Waals surface area contributed by atoms with Gasteiger partial charge in [-0.1, -0.05) is 18.2 Å². The third kappa shape index (κ3) is 4.76. The number of carbonyl (C=O) groups is 1. The Morgan fingerprint density at radius 3 is 2.33 bits per heavy atom. The van der Waals surface area contributed by atoms with E-state index in [0.29, 0.717) is 37.4 Å². The summed E-state index contributed by atoms with van der Waals surface area (Å²) in [6, 6.07) is 15.2. The molecule has 3 aromatic carbocycles. The molecule has 4 aromatic rings. The molecule has 0 aliphatic carbocycles. The van der Waals surface area contributed by atoms with Crippen molar-refractivity contribution in [2.24, 2.45) is 0 Å². The fourth-order valence-electron chi connectivity index (χ4n) is 4.36. The summed E-state index contributed by atoms with van der Waals surface area (Å²) < 4.78 is 59.4. The number of hydrogen-bond acceptors (Lipinski definition) is 5. The molecule has 0 unspecified atom stereocenters. The highest BCUT2D eigenvalue weighted by Gasteiger charge is 2.31. The minimum atomic E-state index is -4.40. The van der Waals surface area contributed by atoms with Gasteiger partial charge in [-0.3, -0.25) is 14.3 Å². The Labute approximate surface area is 203 Å². The number of aromatic nitrogens is 1. The molecule has 6 nitrogen and oxygen atoms in total. The third-order valence-electron chi connectivity index (χ3n) is 6.27. The Morgan fingerprint density at radius 1 is 0.889 bits per heavy atom. The van der Waals surface area contributed by atoms with E-state index in [9.17, 15) is 27.2 Å². The molecule has 5 rings (SSSR count). The molecule has 0 atom stereocenters. The number of hydrogen-bond donors (Lipinski definition) is 0. The lowest BCUT2D eigenvalue weighted by Gasteiger charge is -2.36. The van der Waals surface area contributed by atoms with Crippen molar-refractivity contribution in [1.29, 1.82) is 0 Å². The normalized spacial score (nSPS) is 14.9. The first kappa shape index (κ1) is 23.8. The average Bonchev–Trinajstić information content (AvgIpc) is 3.17. The second kappa shape index (κ2) is 9.27. The van der Waals surface area contributed by atoms with Gasteiger partial charge in [0.15, 0.2) is 11.4 Å². The number of oxazole rings is 1. The summed E-state index contributed by atoms with van der Waals surface area (Å²) in [6.45, 7) is 2.30. The lowest BCUT2D eigenvalue weighted by atomic mass is 10.0. The van der Waals surface area contributed by atoms with Crippen LogP contribution in [0.3, 0.4) is 0 Å². The minimum Gasteiger partial charge on any atom is -0.408 e. The summed E-state index contributed by atoms with van der Waals surface area (Å²) in [5.41, 5.74) is 1.03. The van der Waals surface area contributed by atoms with E-state index in [2.05, 4.69) is 0 Å². The number of halogens is 4. The zero-order valence-corrected chi connectivity index (χ0v) is 19.0. The number of anilines is 1. The standard InChI is InChI=1S/C26H21F4N3O3/c27-20-5-1-3-17(13-20)24(34)18-7-8-22-23(14-18)36-25(35)33(22)16-31-9-11-32(12-10-31)21-6-2-4-19(15-21)26(28,29)30/h1-8,13-15H,9-12,16H2. The minimum absolute atomic E-state index is 0.190. The molecular formula is C26H21F4N3O3. The van der Waals surface area contributed by atoms with Crippen LogP contribution in [0.25, 0.3) is 11.1 Å². The number of piperazine rings is 1. The van der Waals surface area contributed by atoms with Gasteiger partial charge in [0.1, 0.15) is 5.82 Å². The number of benzene rings is 3. The van der Waals surface area contributed by atoms with Crippen LogP contribution < -0.4 is 10.7 Å². The maximum Gasteiger partial charge on any atom is 0.421 e. The average molecular weight is 499 g/mol. The van der Waals surface area contributed by atoms with E-state index >= 15 is 0 Å². The van der Waals surface area contributed by atoms with Gasteiger partial charge in [0, 0.05) is 43.0 Å². The smallest absolute Gasteiger partial charge is 0.408 e. The van der Waals surface area contributed by atoms with Gasteiger partial charge in [-0.2, -0.15) is 13.2 Å². The molecule has 2 heterocycles. The van der Waals surface area contributed by atoms with E-state index in [1.807, 2.05) is 9.80 Å². The molecule has 36 heavy (non-hydrogen) atoms. The molecule has 0 radical (unpaired) electrons. The van der Waals surface area contributed by atoms with Crippen LogP contribution in [-0.2, 0) is 12.8 Å². The van der Waals surface area contributed by atoms with Gasteiger partial charge >= 0.3 is 11.9 Å². The van der Waals surface area contributed by atoms with Gasteiger partial charge in [-0.25, -0.2) is 9.18 Å². The van der Waals surface area contributed by atoms with Crippen LogP contribution in [-0.4, -0.2) is 41.4 Å². The van der Waals surface area contributed by atoms with Crippen molar-refractivity contribution in [2.75, 3.05) is 31.1 Å². The first-order valence-corrected chi connectivity index (χ1v) is 11.3. The lowest BCUT2D eigenvalue weighted by molar-refractivity contribution is -0.137. The Morgan fingerprint density at radius 2 is 1.61 bits per heavy atom. The fourth-order valence-corrected chi connectivity index (χ4v) is 4.36. The highest BCUT2D eigenvalue weighted by atomic mass is 19.4. The van der Waals surface area contributed by atoms with E-state index in [-0.39, 0.29) is 23.4 Å². The third-order valence-corrected chi connectivity index (χ3v) is 6.27. The van der Waals surface area contributed by atoms with Crippen molar-refractivity contribution < 1.29 is 26.8 Å². The predicted molar refractivity (Wildman–Crippen MR) is 126 cm³/mol. The molecule has 1 aromatic heterocycles. The summed E-state index contributed by atoms with van der Waals surface area (Å²) in [6.07, 6.45) is -4.40. The number of nitrogens with zero attached hydrogens (tertiary/aromatic N) is 3. The second-order valence-electron chi connectivity index (χ2n) is 8.61. The van der Waals surface area contributed by atoms with Crippen molar-refractivity contribution >= 4 is 22.6 Å².